The molecule has 0 spiro atoms. The summed E-state index contributed by atoms with van der Waals surface area (Å²) in [6.07, 6.45) is 4.44. The Morgan fingerprint density at radius 2 is 1.88 bits per heavy atom. The van der Waals surface area contributed by atoms with E-state index in [9.17, 15) is 0 Å². The summed E-state index contributed by atoms with van der Waals surface area (Å²) < 4.78 is 0. The number of halogens is 2. The Morgan fingerprint density at radius 3 is 1.88 bits per heavy atom. The second kappa shape index (κ2) is 6.33. The van der Waals surface area contributed by atoms with Crippen molar-refractivity contribution in [2.24, 2.45) is 5.92 Å². The van der Waals surface area contributed by atoms with Gasteiger partial charge in [0, 0.05) is 0 Å². The van der Waals surface area contributed by atoms with E-state index in [2.05, 4.69) is 6.92 Å². The zero-order valence-corrected chi connectivity index (χ0v) is 9.64. The molecule has 46 valence electrons. The van der Waals surface area contributed by atoms with E-state index in [1.165, 1.54) is 19.3 Å². The molecule has 0 unspecified atom stereocenters. The Kier molecular flexibility index (Phi) is 7.28. The van der Waals surface area contributed by atoms with Crippen LogP contribution in [0.4, 0.5) is 0 Å². The quantitative estimate of drug-likeness (QED) is 0.578. The molecule has 0 heterocycles. The Morgan fingerprint density at radius 1 is 1.50 bits per heavy atom. The summed E-state index contributed by atoms with van der Waals surface area (Å²) in [5, 5.41) is 0. The molecule has 0 amide bonds. The third kappa shape index (κ3) is 7.20. The topological polar surface area (TPSA) is 0 Å². The predicted molar refractivity (Wildman–Crippen MR) is 34.7 cm³/mol. The van der Waals surface area contributed by atoms with Gasteiger partial charge in [0.1, 0.15) is 0 Å². The minimum atomic E-state index is -0.931. The molecule has 1 aliphatic carbocycles. The summed E-state index contributed by atoms with van der Waals surface area (Å²) in [5.41, 5.74) is 0. The minimum absolute atomic E-state index is 0.931. The molecule has 0 N–H and O–H groups in total. The molecule has 8 heavy (non-hydrogen) atoms. The van der Waals surface area contributed by atoms with Crippen LogP contribution < -0.4 is 0 Å². The SMILES string of the molecule is CCC1CC1.[Cl][Zn][Cl]. The van der Waals surface area contributed by atoms with Crippen LogP contribution in [0.25, 0.3) is 0 Å². The van der Waals surface area contributed by atoms with Gasteiger partial charge in [-0.2, -0.15) is 0 Å². The van der Waals surface area contributed by atoms with Gasteiger partial charge in [0.25, 0.3) is 0 Å². The van der Waals surface area contributed by atoms with E-state index in [0.717, 1.165) is 5.92 Å². The van der Waals surface area contributed by atoms with Crippen molar-refractivity contribution in [2.45, 2.75) is 26.2 Å². The summed E-state index contributed by atoms with van der Waals surface area (Å²) in [5.74, 6) is 1.13. The standard InChI is InChI=1S/C5H10.2ClH.Zn/c1-2-5-3-4-5;;;/h5H,2-4H2,1H3;2*1H;/q;;;+2/p-2. The van der Waals surface area contributed by atoms with Crippen molar-refractivity contribution in [2.75, 3.05) is 0 Å². The van der Waals surface area contributed by atoms with E-state index in [1.807, 2.05) is 0 Å². The molecule has 0 bridgehead atoms. The average Bonchev–Trinajstić information content (AvgIpc) is 2.48. The number of rotatable bonds is 1. The molecule has 0 radical (unpaired) electrons. The first-order valence-electron chi connectivity index (χ1n) is 2.97. The van der Waals surface area contributed by atoms with Gasteiger partial charge in [0.15, 0.2) is 0 Å². The maximum atomic E-state index is 4.95. The molecular formula is C5H10Cl2Zn. The van der Waals surface area contributed by atoms with E-state index in [4.69, 9.17) is 19.4 Å². The summed E-state index contributed by atoms with van der Waals surface area (Å²) in [6, 6.07) is 0. The Bertz CT molecular complexity index is 45.7. The number of hydrogen-bond donors (Lipinski definition) is 0. The van der Waals surface area contributed by atoms with Gasteiger partial charge < -0.3 is 0 Å². The van der Waals surface area contributed by atoms with Crippen molar-refractivity contribution >= 4 is 19.4 Å². The van der Waals surface area contributed by atoms with Crippen LogP contribution in [0.3, 0.4) is 0 Å². The first-order chi connectivity index (χ1) is 3.85. The van der Waals surface area contributed by atoms with Crippen LogP contribution in [-0.2, 0) is 15.1 Å². The normalized spacial score (nSPS) is 15.9. The van der Waals surface area contributed by atoms with Gasteiger partial charge in [-0.3, -0.25) is 0 Å². The fourth-order valence-electron chi connectivity index (χ4n) is 0.526. The van der Waals surface area contributed by atoms with Crippen molar-refractivity contribution in [3.05, 3.63) is 0 Å². The Balaban J connectivity index is 0.000000145. The third-order valence-corrected chi connectivity index (χ3v) is 1.27. The van der Waals surface area contributed by atoms with Crippen LogP contribution in [0.15, 0.2) is 0 Å². The van der Waals surface area contributed by atoms with Crippen LogP contribution in [0.1, 0.15) is 26.2 Å². The molecule has 0 aromatic rings. The van der Waals surface area contributed by atoms with Crippen molar-refractivity contribution in [1.82, 2.24) is 0 Å². The van der Waals surface area contributed by atoms with E-state index in [-0.39, 0.29) is 0 Å². The summed E-state index contributed by atoms with van der Waals surface area (Å²) in [4.78, 5) is 0. The summed E-state index contributed by atoms with van der Waals surface area (Å²) >= 11 is -0.931. The molecule has 0 nitrogen and oxygen atoms in total. The zero-order valence-electron chi connectivity index (χ0n) is 5.16. The Labute approximate surface area is 66.6 Å². The van der Waals surface area contributed by atoms with Gasteiger partial charge in [-0.05, 0) is 5.92 Å². The van der Waals surface area contributed by atoms with Crippen molar-refractivity contribution in [3.8, 4) is 0 Å². The van der Waals surface area contributed by atoms with Crippen molar-refractivity contribution in [1.29, 1.82) is 0 Å². The molecule has 0 saturated heterocycles. The van der Waals surface area contributed by atoms with Crippen molar-refractivity contribution < 1.29 is 15.1 Å². The molecule has 1 fully saturated rings. The maximum absolute atomic E-state index is 4.95. The van der Waals surface area contributed by atoms with Gasteiger partial charge in [0.05, 0.1) is 0 Å². The van der Waals surface area contributed by atoms with Crippen molar-refractivity contribution in [3.63, 3.8) is 0 Å². The Hall–Kier alpha value is 1.20. The van der Waals surface area contributed by atoms with Crippen LogP contribution in [0.5, 0.6) is 0 Å². The number of hydrogen-bond acceptors (Lipinski definition) is 0. The fourth-order valence-corrected chi connectivity index (χ4v) is 0.526. The second-order valence-electron chi connectivity index (χ2n) is 1.95. The molecule has 3 heteroatoms. The van der Waals surface area contributed by atoms with E-state index in [0.29, 0.717) is 0 Å². The van der Waals surface area contributed by atoms with Gasteiger partial charge in [-0.15, -0.1) is 0 Å². The summed E-state index contributed by atoms with van der Waals surface area (Å²) in [6.45, 7) is 2.26. The van der Waals surface area contributed by atoms with Gasteiger partial charge >= 0.3 is 34.5 Å². The van der Waals surface area contributed by atoms with Gasteiger partial charge in [-0.25, -0.2) is 0 Å². The van der Waals surface area contributed by atoms with Crippen LogP contribution in [0.2, 0.25) is 0 Å². The monoisotopic (exact) mass is 204 g/mol. The molecule has 0 aromatic heterocycles. The molecule has 1 saturated carbocycles. The van der Waals surface area contributed by atoms with Crippen LogP contribution in [-0.4, -0.2) is 0 Å². The molecule has 1 aliphatic rings. The van der Waals surface area contributed by atoms with E-state index < -0.39 is 15.1 Å². The molecule has 0 atom stereocenters. The second-order valence-corrected chi connectivity index (χ2v) is 6.58. The van der Waals surface area contributed by atoms with Crippen LogP contribution in [0, 0.1) is 5.92 Å². The molecule has 0 aromatic carbocycles. The van der Waals surface area contributed by atoms with E-state index >= 15 is 0 Å². The van der Waals surface area contributed by atoms with Crippen LogP contribution >= 0.6 is 19.4 Å². The molecule has 0 aliphatic heterocycles. The van der Waals surface area contributed by atoms with E-state index in [1.54, 1.807) is 0 Å². The molecular weight excluding hydrogens is 196 g/mol. The first kappa shape index (κ1) is 9.20. The predicted octanol–water partition coefficient (Wildman–Crippen LogP) is 3.18. The zero-order chi connectivity index (χ0) is 6.41. The first-order valence-corrected chi connectivity index (χ1v) is 10.8. The fraction of sp³-hybridized carbons (Fsp3) is 1.00. The average molecular weight is 206 g/mol. The van der Waals surface area contributed by atoms with Gasteiger partial charge in [-0.1, -0.05) is 26.2 Å². The summed E-state index contributed by atoms with van der Waals surface area (Å²) in [7, 11) is 9.90. The van der Waals surface area contributed by atoms with Gasteiger partial charge in [0.2, 0.25) is 0 Å². The third-order valence-electron chi connectivity index (χ3n) is 1.27. The molecule has 1 rings (SSSR count).